The summed E-state index contributed by atoms with van der Waals surface area (Å²) in [5.41, 5.74) is 3.48. The van der Waals surface area contributed by atoms with Crippen LogP contribution in [0.5, 0.6) is 0 Å². The number of aromatic nitrogens is 2. The molecule has 1 unspecified atom stereocenters. The van der Waals surface area contributed by atoms with Gasteiger partial charge in [-0.05, 0) is 43.2 Å². The number of nitrogens with one attached hydrogen (secondary N) is 1. The van der Waals surface area contributed by atoms with Crippen molar-refractivity contribution in [2.24, 2.45) is 0 Å². The first-order valence-electron chi connectivity index (χ1n) is 8.04. The summed E-state index contributed by atoms with van der Waals surface area (Å²) < 4.78 is 5.43. The lowest BCUT2D eigenvalue weighted by molar-refractivity contribution is 0.121. The summed E-state index contributed by atoms with van der Waals surface area (Å²) >= 11 is 0. The molecule has 0 aliphatic heterocycles. The SMILES string of the molecule is Cc1ccc(NC(=O)OC(C)c2ccccc2)cc1-c1ncccn1. The molecular weight excluding hydrogens is 314 g/mol. The van der Waals surface area contributed by atoms with Gasteiger partial charge in [-0.1, -0.05) is 36.4 Å². The zero-order valence-corrected chi connectivity index (χ0v) is 14.1. The Morgan fingerprint density at radius 1 is 1.04 bits per heavy atom. The zero-order chi connectivity index (χ0) is 17.6. The van der Waals surface area contributed by atoms with Gasteiger partial charge in [0.05, 0.1) is 0 Å². The quantitative estimate of drug-likeness (QED) is 0.747. The first kappa shape index (κ1) is 16.6. The van der Waals surface area contributed by atoms with Crippen molar-refractivity contribution in [3.8, 4) is 11.4 Å². The van der Waals surface area contributed by atoms with Crippen LogP contribution in [0.25, 0.3) is 11.4 Å². The van der Waals surface area contributed by atoms with Gasteiger partial charge in [-0.3, -0.25) is 5.32 Å². The molecule has 1 amide bonds. The molecule has 0 saturated carbocycles. The van der Waals surface area contributed by atoms with Crippen molar-refractivity contribution in [3.63, 3.8) is 0 Å². The molecule has 3 aromatic rings. The highest BCUT2D eigenvalue weighted by Crippen LogP contribution is 2.24. The second kappa shape index (κ2) is 7.57. The number of ether oxygens (including phenoxy) is 1. The highest BCUT2D eigenvalue weighted by molar-refractivity contribution is 5.86. The lowest BCUT2D eigenvalue weighted by Gasteiger charge is -2.15. The van der Waals surface area contributed by atoms with Crippen LogP contribution in [0.2, 0.25) is 0 Å². The Labute approximate surface area is 146 Å². The summed E-state index contributed by atoms with van der Waals surface area (Å²) in [6, 6.07) is 17.0. The lowest BCUT2D eigenvalue weighted by atomic mass is 10.1. The van der Waals surface area contributed by atoms with Crippen LogP contribution in [0.3, 0.4) is 0 Å². The topological polar surface area (TPSA) is 64.1 Å². The molecule has 126 valence electrons. The third kappa shape index (κ3) is 4.20. The van der Waals surface area contributed by atoms with Crippen LogP contribution in [0.15, 0.2) is 67.0 Å². The van der Waals surface area contributed by atoms with Gasteiger partial charge in [0, 0.05) is 23.6 Å². The van der Waals surface area contributed by atoms with Crippen molar-refractivity contribution in [2.45, 2.75) is 20.0 Å². The fourth-order valence-corrected chi connectivity index (χ4v) is 2.48. The summed E-state index contributed by atoms with van der Waals surface area (Å²) in [5, 5.41) is 2.76. The third-order valence-electron chi connectivity index (χ3n) is 3.84. The number of hydrogen-bond acceptors (Lipinski definition) is 4. The number of anilines is 1. The van der Waals surface area contributed by atoms with Crippen LogP contribution in [0.1, 0.15) is 24.2 Å². The lowest BCUT2D eigenvalue weighted by Crippen LogP contribution is -2.16. The molecule has 1 aromatic heterocycles. The maximum absolute atomic E-state index is 12.2. The molecule has 1 heterocycles. The van der Waals surface area contributed by atoms with Crippen molar-refractivity contribution in [1.29, 1.82) is 0 Å². The number of carbonyl (C=O) groups excluding carboxylic acids is 1. The molecule has 2 aromatic carbocycles. The van der Waals surface area contributed by atoms with Crippen molar-refractivity contribution < 1.29 is 9.53 Å². The molecule has 5 nitrogen and oxygen atoms in total. The van der Waals surface area contributed by atoms with E-state index in [4.69, 9.17) is 4.74 Å². The number of benzene rings is 2. The van der Waals surface area contributed by atoms with Gasteiger partial charge in [0.15, 0.2) is 5.82 Å². The maximum atomic E-state index is 12.2. The Bertz CT molecular complexity index is 851. The average Bonchev–Trinajstić information content (AvgIpc) is 2.64. The van der Waals surface area contributed by atoms with Gasteiger partial charge in [-0.2, -0.15) is 0 Å². The second-order valence-electron chi connectivity index (χ2n) is 5.69. The van der Waals surface area contributed by atoms with E-state index in [-0.39, 0.29) is 6.10 Å². The predicted octanol–water partition coefficient (Wildman–Crippen LogP) is 4.76. The second-order valence-corrected chi connectivity index (χ2v) is 5.69. The number of rotatable bonds is 4. The Kier molecular flexibility index (Phi) is 5.04. The van der Waals surface area contributed by atoms with Gasteiger partial charge >= 0.3 is 6.09 Å². The van der Waals surface area contributed by atoms with E-state index in [0.717, 1.165) is 16.7 Å². The normalized spacial score (nSPS) is 11.6. The number of nitrogens with zero attached hydrogens (tertiary/aromatic N) is 2. The van der Waals surface area contributed by atoms with E-state index in [1.165, 1.54) is 0 Å². The molecule has 25 heavy (non-hydrogen) atoms. The molecular formula is C20H19N3O2. The fourth-order valence-electron chi connectivity index (χ4n) is 2.48. The van der Waals surface area contributed by atoms with Crippen molar-refractivity contribution >= 4 is 11.8 Å². The Balaban J connectivity index is 1.72. The van der Waals surface area contributed by atoms with E-state index < -0.39 is 6.09 Å². The zero-order valence-electron chi connectivity index (χ0n) is 14.1. The van der Waals surface area contributed by atoms with Crippen LogP contribution >= 0.6 is 0 Å². The Morgan fingerprint density at radius 2 is 1.76 bits per heavy atom. The van der Waals surface area contributed by atoms with Crippen LogP contribution in [0.4, 0.5) is 10.5 Å². The summed E-state index contributed by atoms with van der Waals surface area (Å²) in [7, 11) is 0. The first-order valence-corrected chi connectivity index (χ1v) is 8.04. The van der Waals surface area contributed by atoms with Gasteiger partial charge in [0.2, 0.25) is 0 Å². The highest BCUT2D eigenvalue weighted by Gasteiger charge is 2.13. The first-order chi connectivity index (χ1) is 12.1. The molecule has 0 radical (unpaired) electrons. The molecule has 0 aliphatic rings. The van der Waals surface area contributed by atoms with Crippen LogP contribution < -0.4 is 5.32 Å². The van der Waals surface area contributed by atoms with E-state index in [9.17, 15) is 4.79 Å². The van der Waals surface area contributed by atoms with Crippen LogP contribution in [-0.2, 0) is 4.74 Å². The van der Waals surface area contributed by atoms with E-state index in [0.29, 0.717) is 11.5 Å². The van der Waals surface area contributed by atoms with Crippen LogP contribution in [-0.4, -0.2) is 16.1 Å². The van der Waals surface area contributed by atoms with E-state index in [2.05, 4.69) is 15.3 Å². The summed E-state index contributed by atoms with van der Waals surface area (Å²) in [5.74, 6) is 0.620. The minimum absolute atomic E-state index is 0.330. The molecule has 0 spiro atoms. The molecule has 0 aliphatic carbocycles. The Morgan fingerprint density at radius 3 is 2.48 bits per heavy atom. The van der Waals surface area contributed by atoms with Crippen LogP contribution in [0, 0.1) is 6.92 Å². The van der Waals surface area contributed by atoms with Gasteiger partial charge in [-0.25, -0.2) is 14.8 Å². The summed E-state index contributed by atoms with van der Waals surface area (Å²) in [6.45, 7) is 3.82. The molecule has 5 heteroatoms. The molecule has 1 atom stereocenters. The minimum Gasteiger partial charge on any atom is -0.441 e. The Hall–Kier alpha value is -3.21. The third-order valence-corrected chi connectivity index (χ3v) is 3.84. The van der Waals surface area contributed by atoms with Gasteiger partial charge < -0.3 is 4.74 Å². The maximum Gasteiger partial charge on any atom is 0.412 e. The molecule has 0 bridgehead atoms. The van der Waals surface area contributed by atoms with E-state index >= 15 is 0 Å². The monoisotopic (exact) mass is 333 g/mol. The van der Waals surface area contributed by atoms with Crippen molar-refractivity contribution in [1.82, 2.24) is 9.97 Å². The predicted molar refractivity (Wildman–Crippen MR) is 97.2 cm³/mol. The largest absolute Gasteiger partial charge is 0.441 e. The fraction of sp³-hybridized carbons (Fsp3) is 0.150. The van der Waals surface area contributed by atoms with Gasteiger partial charge in [-0.15, -0.1) is 0 Å². The molecule has 1 N–H and O–H groups in total. The van der Waals surface area contributed by atoms with Gasteiger partial charge in [0.25, 0.3) is 0 Å². The molecule has 3 rings (SSSR count). The van der Waals surface area contributed by atoms with E-state index in [1.807, 2.05) is 62.4 Å². The number of aryl methyl sites for hydroxylation is 1. The van der Waals surface area contributed by atoms with Gasteiger partial charge in [0.1, 0.15) is 6.10 Å². The molecule has 0 saturated heterocycles. The number of amides is 1. The average molecular weight is 333 g/mol. The summed E-state index contributed by atoms with van der Waals surface area (Å²) in [6.07, 6.45) is 2.55. The van der Waals surface area contributed by atoms with E-state index in [1.54, 1.807) is 18.5 Å². The van der Waals surface area contributed by atoms with Crippen molar-refractivity contribution in [2.75, 3.05) is 5.32 Å². The number of hydrogen-bond donors (Lipinski definition) is 1. The highest BCUT2D eigenvalue weighted by atomic mass is 16.6. The van der Waals surface area contributed by atoms with Crippen molar-refractivity contribution in [3.05, 3.63) is 78.1 Å². The smallest absolute Gasteiger partial charge is 0.412 e. The number of carbonyl (C=O) groups is 1. The summed E-state index contributed by atoms with van der Waals surface area (Å²) in [4.78, 5) is 20.7. The standard InChI is InChI=1S/C20H19N3O2/c1-14-9-10-17(13-18(14)19-21-11-6-12-22-19)23-20(24)25-15(2)16-7-4-3-5-8-16/h3-13,15H,1-2H3,(H,23,24). The minimum atomic E-state index is -0.500. The molecule has 0 fully saturated rings.